The highest BCUT2D eigenvalue weighted by atomic mass is 17.1. The lowest BCUT2D eigenvalue weighted by atomic mass is 10.5. The van der Waals surface area contributed by atoms with E-state index >= 15 is 0 Å². The van der Waals surface area contributed by atoms with Gasteiger partial charge in [-0.25, -0.2) is 9.78 Å². The number of carbonyl (C=O) groups excluding carboxylic acids is 1. The summed E-state index contributed by atoms with van der Waals surface area (Å²) >= 11 is 0. The second kappa shape index (κ2) is 29.3. The summed E-state index contributed by atoms with van der Waals surface area (Å²) in [5.41, 5.74) is 5.04. The zero-order valence-corrected chi connectivity index (χ0v) is 9.63. The Hall–Kier alpha value is -0.610. The Morgan fingerprint density at radius 2 is 1.50 bits per heavy atom. The summed E-state index contributed by atoms with van der Waals surface area (Å²) in [6.45, 7) is 1.69. The third kappa shape index (κ3) is 50.3. The lowest BCUT2D eigenvalue weighted by Crippen LogP contribution is -2.10. The molecule has 8 nitrogen and oxygen atoms in total. The summed E-state index contributed by atoms with van der Waals surface area (Å²) in [5.74, 6) is 0. The molecule has 0 aliphatic heterocycles. The van der Waals surface area contributed by atoms with Gasteiger partial charge in [-0.3, -0.25) is 10.5 Å². The Bertz CT molecular complexity index is 102. The topological polar surface area (TPSA) is 120 Å². The first-order chi connectivity index (χ1) is 7.74. The van der Waals surface area contributed by atoms with Crippen molar-refractivity contribution in [3.63, 3.8) is 0 Å². The van der Waals surface area contributed by atoms with Crippen LogP contribution in [0.2, 0.25) is 0 Å². The average molecular weight is 243 g/mol. The van der Waals surface area contributed by atoms with Gasteiger partial charge >= 0.3 is 0 Å². The normalized spacial score (nSPS) is 8.31. The Labute approximate surface area is 94.7 Å². The van der Waals surface area contributed by atoms with Crippen molar-refractivity contribution in [2.45, 2.75) is 6.42 Å². The number of rotatable bonds is 7. The molecule has 0 unspecified atom stereocenters. The minimum absolute atomic E-state index is 0.219. The fourth-order valence-corrected chi connectivity index (χ4v) is 0.435. The summed E-state index contributed by atoms with van der Waals surface area (Å²) in [4.78, 5) is 16.3. The van der Waals surface area contributed by atoms with Gasteiger partial charge in [0.15, 0.2) is 0 Å². The maximum Gasteiger partial charge on any atom is 0.122 e. The highest BCUT2D eigenvalue weighted by Gasteiger charge is 1.86. The smallest absolute Gasteiger partial charge is 0.122 e. The SMILES string of the molecule is COO.COO.NCOCCOCCC=O. The lowest BCUT2D eigenvalue weighted by molar-refractivity contribution is -0.215. The molecule has 0 aliphatic rings. The van der Waals surface area contributed by atoms with Crippen LogP contribution in [-0.2, 0) is 24.0 Å². The monoisotopic (exact) mass is 243 g/mol. The van der Waals surface area contributed by atoms with Crippen molar-refractivity contribution in [2.75, 3.05) is 40.8 Å². The molecule has 0 heterocycles. The quantitative estimate of drug-likeness (QED) is 0.184. The van der Waals surface area contributed by atoms with Crippen LogP contribution in [0, 0.1) is 0 Å². The van der Waals surface area contributed by atoms with Gasteiger partial charge < -0.3 is 20.0 Å². The molecule has 100 valence electrons. The third-order valence-electron chi connectivity index (χ3n) is 0.870. The van der Waals surface area contributed by atoms with E-state index in [4.69, 9.17) is 25.7 Å². The zero-order valence-electron chi connectivity index (χ0n) is 9.63. The van der Waals surface area contributed by atoms with Gasteiger partial charge in [0, 0.05) is 6.42 Å². The maximum atomic E-state index is 9.76. The van der Waals surface area contributed by atoms with Gasteiger partial charge in [0.05, 0.1) is 40.8 Å². The Kier molecular flexibility index (Phi) is 38.0. The number of aldehydes is 1. The molecule has 0 aromatic heterocycles. The Balaban J connectivity index is -0.000000235. The molecule has 0 aromatic rings. The molecule has 0 saturated heterocycles. The van der Waals surface area contributed by atoms with Crippen LogP contribution in [0.1, 0.15) is 6.42 Å². The van der Waals surface area contributed by atoms with Gasteiger partial charge in [0.2, 0.25) is 0 Å². The fraction of sp³-hybridized carbons (Fsp3) is 0.875. The summed E-state index contributed by atoms with van der Waals surface area (Å²) in [6, 6.07) is 0. The van der Waals surface area contributed by atoms with E-state index in [9.17, 15) is 4.79 Å². The number of carbonyl (C=O) groups is 1. The maximum absolute atomic E-state index is 9.76. The number of nitrogens with two attached hydrogens (primary N) is 1. The minimum Gasteiger partial charge on any atom is -0.379 e. The van der Waals surface area contributed by atoms with Crippen LogP contribution in [0.5, 0.6) is 0 Å². The van der Waals surface area contributed by atoms with E-state index < -0.39 is 0 Å². The van der Waals surface area contributed by atoms with E-state index in [1.54, 1.807) is 0 Å². The molecule has 0 aromatic carbocycles. The van der Waals surface area contributed by atoms with Crippen molar-refractivity contribution in [2.24, 2.45) is 5.73 Å². The van der Waals surface area contributed by atoms with Crippen LogP contribution in [0.4, 0.5) is 0 Å². The second-order valence-corrected chi connectivity index (χ2v) is 2.01. The summed E-state index contributed by atoms with van der Waals surface area (Å²) in [5, 5.41) is 14.1. The molecule has 8 heteroatoms. The second-order valence-electron chi connectivity index (χ2n) is 2.01. The largest absolute Gasteiger partial charge is 0.379 e. The highest BCUT2D eigenvalue weighted by Crippen LogP contribution is 1.78. The van der Waals surface area contributed by atoms with Crippen molar-refractivity contribution in [1.82, 2.24) is 0 Å². The Morgan fingerprint density at radius 1 is 1.06 bits per heavy atom. The first-order valence-electron chi connectivity index (χ1n) is 4.39. The van der Waals surface area contributed by atoms with Crippen LogP contribution < -0.4 is 5.73 Å². The first kappa shape index (κ1) is 20.8. The molecule has 0 saturated carbocycles. The molecule has 0 rings (SSSR count). The molecule has 0 aliphatic carbocycles. The van der Waals surface area contributed by atoms with E-state index in [1.165, 1.54) is 14.2 Å². The summed E-state index contributed by atoms with van der Waals surface area (Å²) in [7, 11) is 2.36. The van der Waals surface area contributed by atoms with E-state index in [0.29, 0.717) is 26.2 Å². The Morgan fingerprint density at radius 3 is 1.88 bits per heavy atom. The van der Waals surface area contributed by atoms with Crippen molar-refractivity contribution in [3.05, 3.63) is 0 Å². The summed E-state index contributed by atoms with van der Waals surface area (Å²) in [6.07, 6.45) is 1.27. The predicted octanol–water partition coefficient (Wildman–Crippen LogP) is -0.264. The van der Waals surface area contributed by atoms with E-state index in [1.807, 2.05) is 0 Å². The molecule has 0 atom stereocenters. The zero-order chi connectivity index (χ0) is 13.1. The summed E-state index contributed by atoms with van der Waals surface area (Å²) < 4.78 is 9.74. The molecular formula is C8H21NO7. The van der Waals surface area contributed by atoms with Crippen molar-refractivity contribution in [3.8, 4) is 0 Å². The van der Waals surface area contributed by atoms with Crippen LogP contribution in [-0.4, -0.2) is 57.6 Å². The minimum atomic E-state index is 0.219. The van der Waals surface area contributed by atoms with E-state index in [2.05, 4.69) is 9.78 Å². The molecular weight excluding hydrogens is 222 g/mol. The highest BCUT2D eigenvalue weighted by molar-refractivity contribution is 5.49. The third-order valence-corrected chi connectivity index (χ3v) is 0.870. The van der Waals surface area contributed by atoms with Gasteiger partial charge in [-0.2, -0.15) is 0 Å². The molecule has 0 fully saturated rings. The fourth-order valence-electron chi connectivity index (χ4n) is 0.435. The number of hydrogen-bond donors (Lipinski definition) is 3. The molecule has 0 radical (unpaired) electrons. The van der Waals surface area contributed by atoms with Crippen LogP contribution in [0.3, 0.4) is 0 Å². The van der Waals surface area contributed by atoms with E-state index in [0.717, 1.165) is 6.29 Å². The van der Waals surface area contributed by atoms with E-state index in [-0.39, 0.29) is 6.73 Å². The van der Waals surface area contributed by atoms with Crippen LogP contribution >= 0.6 is 0 Å². The first-order valence-corrected chi connectivity index (χ1v) is 4.39. The van der Waals surface area contributed by atoms with Gasteiger partial charge in [0.1, 0.15) is 6.29 Å². The van der Waals surface area contributed by atoms with Crippen LogP contribution in [0.15, 0.2) is 0 Å². The van der Waals surface area contributed by atoms with Crippen molar-refractivity contribution >= 4 is 6.29 Å². The molecule has 0 bridgehead atoms. The molecule has 4 N–H and O–H groups in total. The van der Waals surface area contributed by atoms with Gasteiger partial charge in [-0.1, -0.05) is 0 Å². The van der Waals surface area contributed by atoms with Crippen molar-refractivity contribution < 1.29 is 34.6 Å². The molecule has 0 spiro atoms. The van der Waals surface area contributed by atoms with Crippen LogP contribution in [0.25, 0.3) is 0 Å². The molecule has 16 heavy (non-hydrogen) atoms. The van der Waals surface area contributed by atoms with Gasteiger partial charge in [-0.05, 0) is 0 Å². The van der Waals surface area contributed by atoms with Gasteiger partial charge in [0.25, 0.3) is 0 Å². The number of hydrogen-bond acceptors (Lipinski definition) is 8. The molecule has 0 amide bonds. The van der Waals surface area contributed by atoms with Crippen molar-refractivity contribution in [1.29, 1.82) is 0 Å². The lowest BCUT2D eigenvalue weighted by Gasteiger charge is -2.00. The van der Waals surface area contributed by atoms with Gasteiger partial charge in [-0.15, -0.1) is 0 Å². The average Bonchev–Trinajstić information content (AvgIpc) is 2.26. The predicted molar refractivity (Wildman–Crippen MR) is 55.8 cm³/mol. The standard InChI is InChI=1S/C6H13NO3.2CH4O2/c7-6-10-5-4-9-3-1-2-8;2*1-3-2/h2H,1,3-7H2;2*2H,1H3. The number of ether oxygens (including phenoxy) is 2.